The minimum Gasteiger partial charge on any atom is -0.379 e. The van der Waals surface area contributed by atoms with Gasteiger partial charge in [-0.05, 0) is 25.0 Å². The van der Waals surface area contributed by atoms with E-state index in [1.807, 2.05) is 34.1 Å². The minimum atomic E-state index is -0.157. The minimum absolute atomic E-state index is 0.0640. The molecule has 2 saturated heterocycles. The van der Waals surface area contributed by atoms with Crippen molar-refractivity contribution in [1.29, 1.82) is 0 Å². The molecule has 0 atom stereocenters. The van der Waals surface area contributed by atoms with Crippen LogP contribution in [0, 0.1) is 0 Å². The van der Waals surface area contributed by atoms with Crippen molar-refractivity contribution in [1.82, 2.24) is 9.80 Å². The van der Waals surface area contributed by atoms with E-state index in [0.717, 1.165) is 50.4 Å². The molecule has 146 valence electrons. The Kier molecular flexibility index (Phi) is 5.06. The molecular weight excluding hydrogens is 344 g/mol. The molecule has 27 heavy (non-hydrogen) atoms. The van der Waals surface area contributed by atoms with E-state index in [-0.39, 0.29) is 17.4 Å². The predicted molar refractivity (Wildman–Crippen MR) is 104 cm³/mol. The quantitative estimate of drug-likeness (QED) is 0.844. The highest BCUT2D eigenvalue weighted by Crippen LogP contribution is 2.39. The first-order valence-corrected chi connectivity index (χ1v) is 9.80. The molecule has 0 bridgehead atoms. The van der Waals surface area contributed by atoms with Crippen LogP contribution in [-0.4, -0.2) is 79.6 Å². The maximum absolute atomic E-state index is 12.7. The first kappa shape index (κ1) is 18.3. The Balaban J connectivity index is 1.41. The second kappa shape index (κ2) is 7.48. The number of hydrogen-bond acceptors (Lipinski definition) is 5. The summed E-state index contributed by atoms with van der Waals surface area (Å²) in [6.07, 6.45) is 1.69. The van der Waals surface area contributed by atoms with E-state index in [2.05, 4.69) is 10.2 Å². The summed E-state index contributed by atoms with van der Waals surface area (Å²) in [6.45, 7) is 7.29. The molecule has 1 aromatic rings. The molecule has 2 fully saturated rings. The maximum atomic E-state index is 12.7. The monoisotopic (exact) mass is 372 g/mol. The Hall–Kier alpha value is -2.12. The van der Waals surface area contributed by atoms with Gasteiger partial charge in [-0.1, -0.05) is 12.1 Å². The van der Waals surface area contributed by atoms with Gasteiger partial charge in [0, 0.05) is 39.6 Å². The number of ether oxygens (including phenoxy) is 1. The second-order valence-electron chi connectivity index (χ2n) is 7.80. The van der Waals surface area contributed by atoms with Crippen LogP contribution in [-0.2, 0) is 14.3 Å². The van der Waals surface area contributed by atoms with Crippen LogP contribution in [0.1, 0.15) is 19.8 Å². The number of likely N-dealkylation sites (tertiary alicyclic amines) is 1. The highest BCUT2D eigenvalue weighted by Gasteiger charge is 2.42. The van der Waals surface area contributed by atoms with Crippen LogP contribution in [0.15, 0.2) is 24.3 Å². The first-order chi connectivity index (χ1) is 13.1. The van der Waals surface area contributed by atoms with Crippen molar-refractivity contribution in [2.24, 2.45) is 0 Å². The Morgan fingerprint density at radius 2 is 1.81 bits per heavy atom. The third-order valence-electron chi connectivity index (χ3n) is 5.97. The van der Waals surface area contributed by atoms with Gasteiger partial charge in [0.25, 0.3) is 0 Å². The van der Waals surface area contributed by atoms with E-state index >= 15 is 0 Å². The molecule has 1 aromatic carbocycles. The number of amides is 2. The van der Waals surface area contributed by atoms with Crippen LogP contribution < -0.4 is 10.2 Å². The number of fused-ring (bicyclic) bond motifs is 1. The second-order valence-corrected chi connectivity index (χ2v) is 7.80. The molecule has 3 aliphatic rings. The molecule has 3 heterocycles. The molecule has 0 aromatic heterocycles. The zero-order valence-electron chi connectivity index (χ0n) is 15.9. The summed E-state index contributed by atoms with van der Waals surface area (Å²) in [6, 6.07) is 7.96. The highest BCUT2D eigenvalue weighted by molar-refractivity contribution is 5.96. The van der Waals surface area contributed by atoms with Gasteiger partial charge in [-0.2, -0.15) is 0 Å². The molecule has 0 unspecified atom stereocenters. The van der Waals surface area contributed by atoms with Gasteiger partial charge in [0.15, 0.2) is 0 Å². The number of rotatable bonds is 2. The summed E-state index contributed by atoms with van der Waals surface area (Å²) in [5, 5.41) is 3.68. The fourth-order valence-electron chi connectivity index (χ4n) is 4.33. The van der Waals surface area contributed by atoms with E-state index < -0.39 is 0 Å². The van der Waals surface area contributed by atoms with Gasteiger partial charge in [0.1, 0.15) is 0 Å². The molecule has 0 radical (unpaired) electrons. The predicted octanol–water partition coefficient (Wildman–Crippen LogP) is 1.16. The lowest BCUT2D eigenvalue weighted by Gasteiger charge is -2.49. The number of morpholine rings is 1. The summed E-state index contributed by atoms with van der Waals surface area (Å²) in [5.74, 6) is 0.264. The fraction of sp³-hybridized carbons (Fsp3) is 0.600. The molecule has 0 aliphatic carbocycles. The van der Waals surface area contributed by atoms with E-state index in [1.165, 1.54) is 0 Å². The molecule has 4 rings (SSSR count). The van der Waals surface area contributed by atoms with Crippen molar-refractivity contribution in [3.8, 4) is 0 Å². The summed E-state index contributed by atoms with van der Waals surface area (Å²) in [5.41, 5.74) is 1.80. The van der Waals surface area contributed by atoms with Gasteiger partial charge in [0.05, 0.1) is 36.7 Å². The van der Waals surface area contributed by atoms with Gasteiger partial charge in [-0.15, -0.1) is 0 Å². The SMILES string of the molecule is CC(=O)N1CC2(CCN(C(=O)CN3CCOCC3)CC2)Nc2ccccc21. The third-order valence-corrected chi connectivity index (χ3v) is 5.97. The van der Waals surface area contributed by atoms with E-state index in [4.69, 9.17) is 4.74 Å². The van der Waals surface area contributed by atoms with Gasteiger partial charge in [-0.25, -0.2) is 0 Å². The topological polar surface area (TPSA) is 65.1 Å². The number of nitrogens with one attached hydrogen (secondary N) is 1. The van der Waals surface area contributed by atoms with Crippen molar-refractivity contribution in [3.05, 3.63) is 24.3 Å². The molecular formula is C20H28N4O3. The number of carbonyl (C=O) groups is 2. The lowest BCUT2D eigenvalue weighted by Crippen LogP contribution is -2.60. The van der Waals surface area contributed by atoms with Crippen molar-refractivity contribution < 1.29 is 14.3 Å². The number of hydrogen-bond donors (Lipinski definition) is 1. The lowest BCUT2D eigenvalue weighted by atomic mass is 9.84. The molecule has 2 amide bonds. The van der Waals surface area contributed by atoms with Crippen LogP contribution in [0.25, 0.3) is 0 Å². The van der Waals surface area contributed by atoms with Crippen LogP contribution in [0.3, 0.4) is 0 Å². The maximum Gasteiger partial charge on any atom is 0.236 e. The van der Waals surface area contributed by atoms with Gasteiger partial charge in [0.2, 0.25) is 11.8 Å². The fourth-order valence-corrected chi connectivity index (χ4v) is 4.33. The van der Waals surface area contributed by atoms with E-state index in [9.17, 15) is 9.59 Å². The van der Waals surface area contributed by atoms with Gasteiger partial charge in [-0.3, -0.25) is 14.5 Å². The number of carbonyl (C=O) groups excluding carboxylic acids is 2. The normalized spacial score (nSPS) is 22.3. The average molecular weight is 372 g/mol. The summed E-state index contributed by atoms with van der Waals surface area (Å²) in [4.78, 5) is 30.9. The standard InChI is InChI=1S/C20H28N4O3/c1-16(25)24-15-20(21-17-4-2-3-5-18(17)24)6-8-23(9-7-20)19(26)14-22-10-12-27-13-11-22/h2-5,21H,6-15H2,1H3. The Morgan fingerprint density at radius 1 is 1.11 bits per heavy atom. The van der Waals surface area contributed by atoms with Crippen LogP contribution >= 0.6 is 0 Å². The van der Waals surface area contributed by atoms with E-state index in [0.29, 0.717) is 26.3 Å². The third kappa shape index (κ3) is 3.80. The first-order valence-electron chi connectivity index (χ1n) is 9.80. The zero-order chi connectivity index (χ0) is 18.9. The largest absolute Gasteiger partial charge is 0.379 e. The van der Waals surface area contributed by atoms with Crippen LogP contribution in [0.4, 0.5) is 11.4 Å². The summed E-state index contributed by atoms with van der Waals surface area (Å²) >= 11 is 0. The Morgan fingerprint density at radius 3 is 2.52 bits per heavy atom. The summed E-state index contributed by atoms with van der Waals surface area (Å²) < 4.78 is 5.35. The number of nitrogens with zero attached hydrogens (tertiary/aromatic N) is 3. The van der Waals surface area contributed by atoms with Gasteiger partial charge < -0.3 is 19.9 Å². The van der Waals surface area contributed by atoms with Crippen molar-refractivity contribution in [2.75, 3.05) is 62.7 Å². The number of para-hydroxylation sites is 2. The van der Waals surface area contributed by atoms with Gasteiger partial charge >= 0.3 is 0 Å². The number of anilines is 2. The van der Waals surface area contributed by atoms with Crippen LogP contribution in [0.2, 0.25) is 0 Å². The van der Waals surface area contributed by atoms with Crippen molar-refractivity contribution in [2.45, 2.75) is 25.3 Å². The highest BCUT2D eigenvalue weighted by atomic mass is 16.5. The Bertz CT molecular complexity index is 709. The average Bonchev–Trinajstić information content (AvgIpc) is 2.68. The molecule has 1 spiro atoms. The molecule has 1 N–H and O–H groups in total. The van der Waals surface area contributed by atoms with Crippen molar-refractivity contribution >= 4 is 23.2 Å². The molecule has 7 heteroatoms. The molecule has 3 aliphatic heterocycles. The lowest BCUT2D eigenvalue weighted by molar-refractivity contribution is -0.135. The van der Waals surface area contributed by atoms with Crippen molar-refractivity contribution in [3.63, 3.8) is 0 Å². The molecule has 0 saturated carbocycles. The number of piperidine rings is 1. The molecule has 7 nitrogen and oxygen atoms in total. The zero-order valence-corrected chi connectivity index (χ0v) is 15.9. The number of benzene rings is 1. The smallest absolute Gasteiger partial charge is 0.236 e. The van der Waals surface area contributed by atoms with Crippen LogP contribution in [0.5, 0.6) is 0 Å². The van der Waals surface area contributed by atoms with E-state index in [1.54, 1.807) is 6.92 Å². The Labute approximate surface area is 160 Å². The summed E-state index contributed by atoms with van der Waals surface area (Å²) in [7, 11) is 0.